The van der Waals surface area contributed by atoms with Crippen molar-refractivity contribution >= 4 is 28.8 Å². The van der Waals surface area contributed by atoms with Crippen LogP contribution in [-0.2, 0) is 16.0 Å². The largest absolute Gasteiger partial charge is 0.495 e. The lowest BCUT2D eigenvalue weighted by molar-refractivity contribution is -0.127. The van der Waals surface area contributed by atoms with Gasteiger partial charge in [-0.15, -0.1) is 11.3 Å². The number of carbonyl (C=O) groups is 2. The van der Waals surface area contributed by atoms with E-state index < -0.39 is 6.04 Å². The van der Waals surface area contributed by atoms with E-state index in [1.807, 2.05) is 42.6 Å². The van der Waals surface area contributed by atoms with Crippen LogP contribution in [-0.4, -0.2) is 29.9 Å². The van der Waals surface area contributed by atoms with Gasteiger partial charge < -0.3 is 10.1 Å². The van der Waals surface area contributed by atoms with Crippen molar-refractivity contribution in [1.29, 1.82) is 0 Å². The number of benzene rings is 1. The van der Waals surface area contributed by atoms with Crippen molar-refractivity contribution in [3.8, 4) is 5.75 Å². The van der Waals surface area contributed by atoms with Crippen molar-refractivity contribution in [2.24, 2.45) is 0 Å². The molecule has 7 heteroatoms. The van der Waals surface area contributed by atoms with Crippen LogP contribution in [0.2, 0.25) is 0 Å². The predicted molar refractivity (Wildman–Crippen MR) is 131 cm³/mol. The Morgan fingerprint density at radius 2 is 1.94 bits per heavy atom. The minimum absolute atomic E-state index is 0.135. The Morgan fingerprint density at radius 1 is 1.18 bits per heavy atom. The second kappa shape index (κ2) is 10.6. The van der Waals surface area contributed by atoms with E-state index in [0.717, 1.165) is 36.1 Å². The van der Waals surface area contributed by atoms with Gasteiger partial charge in [0.05, 0.1) is 19.2 Å². The number of carbonyl (C=O) groups excluding carboxylic acids is 2. The number of nitrogens with zero attached hydrogens (tertiary/aromatic N) is 2. The standard InChI is InChI=1S/C26H29N3O3S/c1-18-9-10-23(32-2)22(16-18)29(24(30)17-21-8-5-15-33-21)25(19-11-13-27-14-12-19)26(31)28-20-6-3-4-7-20/h5,8-16,20,25H,3-4,6-7,17H2,1-2H3,(H,28,31)/t25-/m1/s1. The SMILES string of the molecule is COc1ccc(C)cc1N(C(=O)Cc1cccs1)[C@@H](C(=O)NC1CCCC1)c1ccncc1. The molecule has 172 valence electrons. The van der Waals surface area contributed by atoms with E-state index in [1.165, 1.54) is 11.3 Å². The average molecular weight is 464 g/mol. The summed E-state index contributed by atoms with van der Waals surface area (Å²) in [5.41, 5.74) is 2.27. The molecular formula is C26H29N3O3S. The predicted octanol–water partition coefficient (Wildman–Crippen LogP) is 4.84. The van der Waals surface area contributed by atoms with Crippen LogP contribution in [0.3, 0.4) is 0 Å². The van der Waals surface area contributed by atoms with Gasteiger partial charge in [0.25, 0.3) is 0 Å². The number of aromatic nitrogens is 1. The van der Waals surface area contributed by atoms with Crippen molar-refractivity contribution in [3.63, 3.8) is 0 Å². The van der Waals surface area contributed by atoms with Crippen molar-refractivity contribution in [2.75, 3.05) is 12.0 Å². The summed E-state index contributed by atoms with van der Waals surface area (Å²) < 4.78 is 5.63. The molecule has 0 radical (unpaired) electrons. The Morgan fingerprint density at radius 3 is 2.61 bits per heavy atom. The van der Waals surface area contributed by atoms with Gasteiger partial charge in [0.1, 0.15) is 11.8 Å². The monoisotopic (exact) mass is 463 g/mol. The summed E-state index contributed by atoms with van der Waals surface area (Å²) in [4.78, 5) is 34.2. The maximum absolute atomic E-state index is 13.8. The number of rotatable bonds is 8. The Balaban J connectivity index is 1.80. The van der Waals surface area contributed by atoms with Crippen LogP contribution in [0.25, 0.3) is 0 Å². The lowest BCUT2D eigenvalue weighted by Crippen LogP contribution is -2.47. The van der Waals surface area contributed by atoms with E-state index in [-0.39, 0.29) is 24.3 Å². The smallest absolute Gasteiger partial charge is 0.248 e. The third kappa shape index (κ3) is 5.42. The molecule has 2 amide bonds. The molecule has 2 heterocycles. The first kappa shape index (κ1) is 23.0. The highest BCUT2D eigenvalue weighted by molar-refractivity contribution is 7.10. The highest BCUT2D eigenvalue weighted by Crippen LogP contribution is 2.36. The fourth-order valence-corrected chi connectivity index (χ4v) is 5.06. The van der Waals surface area contributed by atoms with Crippen LogP contribution in [0, 0.1) is 6.92 Å². The minimum atomic E-state index is -0.836. The molecule has 1 fully saturated rings. The highest BCUT2D eigenvalue weighted by atomic mass is 32.1. The molecule has 2 aromatic heterocycles. The van der Waals surface area contributed by atoms with Crippen LogP contribution in [0.15, 0.2) is 60.2 Å². The lowest BCUT2D eigenvalue weighted by atomic mass is 10.0. The van der Waals surface area contributed by atoms with Gasteiger partial charge in [-0.25, -0.2) is 0 Å². The van der Waals surface area contributed by atoms with Gasteiger partial charge in [0, 0.05) is 23.3 Å². The number of methoxy groups -OCH3 is 1. The molecule has 6 nitrogen and oxygen atoms in total. The zero-order valence-corrected chi connectivity index (χ0v) is 19.8. The van der Waals surface area contributed by atoms with Crippen LogP contribution < -0.4 is 15.0 Å². The number of anilines is 1. The Hall–Kier alpha value is -3.19. The fraction of sp³-hybridized carbons (Fsp3) is 0.346. The molecule has 1 N–H and O–H groups in total. The van der Waals surface area contributed by atoms with Crippen LogP contribution in [0.4, 0.5) is 5.69 Å². The Kier molecular flexibility index (Phi) is 7.40. The number of thiophene rings is 1. The number of nitrogens with one attached hydrogen (secondary N) is 1. The highest BCUT2D eigenvalue weighted by Gasteiger charge is 2.35. The van der Waals surface area contributed by atoms with Crippen LogP contribution in [0.5, 0.6) is 5.75 Å². The number of hydrogen-bond donors (Lipinski definition) is 1. The second-order valence-electron chi connectivity index (χ2n) is 8.37. The van der Waals surface area contributed by atoms with E-state index in [2.05, 4.69) is 10.3 Å². The molecule has 3 aromatic rings. The number of aryl methyl sites for hydroxylation is 1. The summed E-state index contributed by atoms with van der Waals surface area (Å²) in [5.74, 6) is 0.203. The Bertz CT molecular complexity index is 1080. The van der Waals surface area contributed by atoms with Gasteiger partial charge in [0.15, 0.2) is 0 Å². The number of ether oxygens (including phenoxy) is 1. The van der Waals surface area contributed by atoms with Gasteiger partial charge in [-0.05, 0) is 66.6 Å². The molecule has 0 bridgehead atoms. The molecule has 0 unspecified atom stereocenters. The zero-order valence-electron chi connectivity index (χ0n) is 19.0. The quantitative estimate of drug-likeness (QED) is 0.519. The molecule has 1 aliphatic rings. The summed E-state index contributed by atoms with van der Waals surface area (Å²) in [5, 5.41) is 5.15. The second-order valence-corrected chi connectivity index (χ2v) is 9.40. The molecule has 1 saturated carbocycles. The Labute approximate surface area is 198 Å². The van der Waals surface area contributed by atoms with Gasteiger partial charge in [-0.3, -0.25) is 19.5 Å². The van der Waals surface area contributed by atoms with Crippen molar-refractivity contribution in [1.82, 2.24) is 10.3 Å². The molecule has 4 rings (SSSR count). The average Bonchev–Trinajstić information content (AvgIpc) is 3.52. The van der Waals surface area contributed by atoms with Gasteiger partial charge in [-0.2, -0.15) is 0 Å². The minimum Gasteiger partial charge on any atom is -0.495 e. The molecule has 1 aliphatic carbocycles. The maximum Gasteiger partial charge on any atom is 0.248 e. The first-order valence-corrected chi connectivity index (χ1v) is 12.1. The number of pyridine rings is 1. The molecule has 33 heavy (non-hydrogen) atoms. The van der Waals surface area contributed by atoms with E-state index in [4.69, 9.17) is 4.74 Å². The van der Waals surface area contributed by atoms with E-state index in [1.54, 1.807) is 36.5 Å². The number of hydrogen-bond acceptors (Lipinski definition) is 5. The lowest BCUT2D eigenvalue weighted by Gasteiger charge is -2.33. The van der Waals surface area contributed by atoms with Crippen molar-refractivity contribution in [3.05, 3.63) is 76.2 Å². The third-order valence-electron chi connectivity index (χ3n) is 6.00. The van der Waals surface area contributed by atoms with Crippen molar-refractivity contribution < 1.29 is 14.3 Å². The molecular weight excluding hydrogens is 434 g/mol. The van der Waals surface area contributed by atoms with Crippen LogP contribution >= 0.6 is 11.3 Å². The van der Waals surface area contributed by atoms with Gasteiger partial charge in [-0.1, -0.05) is 25.0 Å². The summed E-state index contributed by atoms with van der Waals surface area (Å²) in [6, 6.07) is 12.4. The van der Waals surface area contributed by atoms with Gasteiger partial charge in [0.2, 0.25) is 11.8 Å². The number of amides is 2. The zero-order chi connectivity index (χ0) is 23.2. The summed E-state index contributed by atoms with van der Waals surface area (Å²) in [6.07, 6.45) is 7.65. The van der Waals surface area contributed by atoms with Gasteiger partial charge >= 0.3 is 0 Å². The fourth-order valence-electron chi connectivity index (χ4n) is 4.37. The topological polar surface area (TPSA) is 71.5 Å². The maximum atomic E-state index is 13.8. The molecule has 1 aromatic carbocycles. The first-order valence-electron chi connectivity index (χ1n) is 11.3. The van der Waals surface area contributed by atoms with Crippen LogP contribution in [0.1, 0.15) is 47.7 Å². The van der Waals surface area contributed by atoms with E-state index in [0.29, 0.717) is 17.0 Å². The molecule has 0 saturated heterocycles. The molecule has 0 spiro atoms. The first-order chi connectivity index (χ1) is 16.1. The third-order valence-corrected chi connectivity index (χ3v) is 6.87. The van der Waals surface area contributed by atoms with E-state index >= 15 is 0 Å². The van der Waals surface area contributed by atoms with E-state index in [9.17, 15) is 9.59 Å². The summed E-state index contributed by atoms with van der Waals surface area (Å²) in [7, 11) is 1.58. The summed E-state index contributed by atoms with van der Waals surface area (Å²) >= 11 is 1.53. The van der Waals surface area contributed by atoms with Crippen molar-refractivity contribution in [2.45, 2.75) is 51.1 Å². The summed E-state index contributed by atoms with van der Waals surface area (Å²) in [6.45, 7) is 1.96. The normalized spacial score (nSPS) is 14.6. The molecule has 1 atom stereocenters. The molecule has 0 aliphatic heterocycles.